The van der Waals surface area contributed by atoms with Crippen LogP contribution in [0.15, 0.2) is 60.8 Å². The minimum absolute atomic E-state index is 0.154. The van der Waals surface area contributed by atoms with Crippen LogP contribution in [-0.4, -0.2) is 21.6 Å². The quantitative estimate of drug-likeness (QED) is 0.677. The number of aromatic nitrogens is 2. The molecule has 1 heterocycles. The molecule has 0 radical (unpaired) electrons. The van der Waals surface area contributed by atoms with Gasteiger partial charge < -0.3 is 15.4 Å². The van der Waals surface area contributed by atoms with Crippen molar-refractivity contribution in [3.63, 3.8) is 0 Å². The molecule has 0 aliphatic carbocycles. The molecule has 0 saturated carbocycles. The first-order valence-corrected chi connectivity index (χ1v) is 8.48. The number of anilines is 2. The third-order valence-electron chi connectivity index (χ3n) is 3.51. The molecule has 0 unspecified atom stereocenters. The zero-order chi connectivity index (χ0) is 19.2. The lowest BCUT2D eigenvalue weighted by atomic mass is 10.2. The fraction of sp³-hybridized carbons (Fsp3) is 0.105. The van der Waals surface area contributed by atoms with Gasteiger partial charge in [-0.1, -0.05) is 11.6 Å². The van der Waals surface area contributed by atoms with Gasteiger partial charge in [-0.15, -0.1) is 0 Å². The van der Waals surface area contributed by atoms with Gasteiger partial charge in [0.15, 0.2) is 12.4 Å². The van der Waals surface area contributed by atoms with Crippen LogP contribution in [0.2, 0.25) is 5.02 Å². The Kier molecular flexibility index (Phi) is 5.73. The van der Waals surface area contributed by atoms with Crippen LogP contribution in [0.4, 0.5) is 11.4 Å². The average Bonchev–Trinajstić information content (AvgIpc) is 3.12. The van der Waals surface area contributed by atoms with Crippen molar-refractivity contribution in [1.82, 2.24) is 9.78 Å². The molecule has 3 rings (SSSR count). The van der Waals surface area contributed by atoms with E-state index in [1.165, 1.54) is 11.6 Å². The van der Waals surface area contributed by atoms with Crippen molar-refractivity contribution in [1.29, 1.82) is 0 Å². The van der Waals surface area contributed by atoms with Crippen molar-refractivity contribution in [2.24, 2.45) is 0 Å². The Bertz CT molecular complexity index is 936. The van der Waals surface area contributed by atoms with Gasteiger partial charge in [-0.2, -0.15) is 5.10 Å². The van der Waals surface area contributed by atoms with Crippen LogP contribution in [0, 0.1) is 0 Å². The van der Waals surface area contributed by atoms with Gasteiger partial charge in [-0.25, -0.2) is 4.68 Å². The molecule has 0 bridgehead atoms. The molecule has 0 spiro atoms. The first kappa shape index (κ1) is 18.5. The molecule has 8 heteroatoms. The number of carbonyl (C=O) groups is 2. The first-order chi connectivity index (χ1) is 13.0. The number of halogens is 1. The van der Waals surface area contributed by atoms with Crippen molar-refractivity contribution in [3.05, 3.63) is 71.5 Å². The lowest BCUT2D eigenvalue weighted by molar-refractivity contribution is -0.114. The van der Waals surface area contributed by atoms with E-state index in [4.69, 9.17) is 16.3 Å². The van der Waals surface area contributed by atoms with E-state index in [9.17, 15) is 9.59 Å². The highest BCUT2D eigenvalue weighted by Crippen LogP contribution is 2.16. The van der Waals surface area contributed by atoms with Crippen LogP contribution in [0.1, 0.15) is 17.4 Å². The Morgan fingerprint density at radius 3 is 2.26 bits per heavy atom. The van der Waals surface area contributed by atoms with Crippen molar-refractivity contribution in [2.45, 2.75) is 13.7 Å². The summed E-state index contributed by atoms with van der Waals surface area (Å²) in [7, 11) is 0. The lowest BCUT2D eigenvalue weighted by Gasteiger charge is -2.07. The molecule has 0 aliphatic rings. The molecular weight excluding hydrogens is 368 g/mol. The Morgan fingerprint density at radius 1 is 1.00 bits per heavy atom. The molecule has 3 aromatic rings. The van der Waals surface area contributed by atoms with Gasteiger partial charge in [0.2, 0.25) is 5.91 Å². The molecule has 2 amide bonds. The summed E-state index contributed by atoms with van der Waals surface area (Å²) in [5, 5.41) is 10.2. The summed E-state index contributed by atoms with van der Waals surface area (Å²) in [5.74, 6) is 0.158. The van der Waals surface area contributed by atoms with E-state index in [2.05, 4.69) is 15.7 Å². The maximum absolute atomic E-state index is 12.3. The van der Waals surface area contributed by atoms with Crippen LogP contribution in [0.25, 0.3) is 0 Å². The number of hydrogen-bond donors (Lipinski definition) is 2. The second kappa shape index (κ2) is 8.37. The van der Waals surface area contributed by atoms with E-state index in [0.717, 1.165) is 0 Å². The minimum Gasteiger partial charge on any atom is -0.471 e. The fourth-order valence-electron chi connectivity index (χ4n) is 2.26. The summed E-state index contributed by atoms with van der Waals surface area (Å²) in [6.07, 6.45) is 1.66. The van der Waals surface area contributed by atoms with Gasteiger partial charge in [0, 0.05) is 29.5 Å². The molecule has 0 aliphatic heterocycles. The SMILES string of the molecule is CC(=O)Nc1ccc(NC(=O)c2ccn(COc3ccc(Cl)cc3)n2)cc1. The standard InChI is InChI=1S/C19H17ClN4O3/c1-13(25)21-15-4-6-16(7-5-15)22-19(26)18-10-11-24(23-18)12-27-17-8-2-14(20)3-9-17/h2-11H,12H2,1H3,(H,21,25)(H,22,26). The van der Waals surface area contributed by atoms with Gasteiger partial charge in [-0.05, 0) is 54.6 Å². The maximum Gasteiger partial charge on any atom is 0.276 e. The van der Waals surface area contributed by atoms with Crippen LogP contribution < -0.4 is 15.4 Å². The molecule has 27 heavy (non-hydrogen) atoms. The highest BCUT2D eigenvalue weighted by Gasteiger charge is 2.10. The zero-order valence-electron chi connectivity index (χ0n) is 14.5. The van der Waals surface area contributed by atoms with E-state index < -0.39 is 0 Å². The van der Waals surface area contributed by atoms with E-state index >= 15 is 0 Å². The van der Waals surface area contributed by atoms with Gasteiger partial charge in [0.25, 0.3) is 5.91 Å². The van der Waals surface area contributed by atoms with E-state index in [1.807, 2.05) is 0 Å². The maximum atomic E-state index is 12.3. The predicted molar refractivity (Wildman–Crippen MR) is 103 cm³/mol. The molecule has 0 fully saturated rings. The number of benzene rings is 2. The third kappa shape index (κ3) is 5.32. The minimum atomic E-state index is -0.340. The second-order valence-corrected chi connectivity index (χ2v) is 6.12. The van der Waals surface area contributed by atoms with E-state index in [-0.39, 0.29) is 24.2 Å². The van der Waals surface area contributed by atoms with Crippen LogP contribution in [0.3, 0.4) is 0 Å². The zero-order valence-corrected chi connectivity index (χ0v) is 15.2. The number of rotatable bonds is 6. The van der Waals surface area contributed by atoms with Crippen molar-refractivity contribution < 1.29 is 14.3 Å². The smallest absolute Gasteiger partial charge is 0.276 e. The van der Waals surface area contributed by atoms with Crippen LogP contribution in [0.5, 0.6) is 5.75 Å². The predicted octanol–water partition coefficient (Wildman–Crippen LogP) is 3.78. The largest absolute Gasteiger partial charge is 0.471 e. The van der Waals surface area contributed by atoms with Crippen LogP contribution >= 0.6 is 11.6 Å². The van der Waals surface area contributed by atoms with Crippen molar-refractivity contribution in [2.75, 3.05) is 10.6 Å². The topological polar surface area (TPSA) is 85.2 Å². The second-order valence-electron chi connectivity index (χ2n) is 5.68. The van der Waals surface area contributed by atoms with E-state index in [0.29, 0.717) is 22.1 Å². The van der Waals surface area contributed by atoms with Gasteiger partial charge in [0.1, 0.15) is 5.75 Å². The third-order valence-corrected chi connectivity index (χ3v) is 3.77. The summed E-state index contributed by atoms with van der Waals surface area (Å²) in [6.45, 7) is 1.60. The highest BCUT2D eigenvalue weighted by atomic mass is 35.5. The van der Waals surface area contributed by atoms with Gasteiger partial charge in [-0.3, -0.25) is 9.59 Å². The lowest BCUT2D eigenvalue weighted by Crippen LogP contribution is -2.14. The first-order valence-electron chi connectivity index (χ1n) is 8.10. The molecule has 0 saturated heterocycles. The Labute approximate surface area is 160 Å². The molecule has 2 aromatic carbocycles. The summed E-state index contributed by atoms with van der Waals surface area (Å²) < 4.78 is 7.10. The van der Waals surface area contributed by atoms with Crippen molar-refractivity contribution >= 4 is 34.8 Å². The molecule has 1 aromatic heterocycles. The molecule has 138 valence electrons. The van der Waals surface area contributed by atoms with E-state index in [1.54, 1.807) is 60.8 Å². The molecule has 2 N–H and O–H groups in total. The van der Waals surface area contributed by atoms with Gasteiger partial charge >= 0.3 is 0 Å². The fourth-order valence-corrected chi connectivity index (χ4v) is 2.39. The number of nitrogens with zero attached hydrogens (tertiary/aromatic N) is 2. The number of amides is 2. The number of carbonyl (C=O) groups excluding carboxylic acids is 2. The summed E-state index contributed by atoms with van der Waals surface area (Å²) in [5.41, 5.74) is 1.52. The molecular formula is C19H17ClN4O3. The van der Waals surface area contributed by atoms with Crippen molar-refractivity contribution in [3.8, 4) is 5.75 Å². The normalized spacial score (nSPS) is 10.3. The highest BCUT2D eigenvalue weighted by molar-refractivity contribution is 6.30. The summed E-state index contributed by atoms with van der Waals surface area (Å²) >= 11 is 5.83. The Hall–Kier alpha value is -3.32. The number of hydrogen-bond acceptors (Lipinski definition) is 4. The monoisotopic (exact) mass is 384 g/mol. The number of nitrogens with one attached hydrogen (secondary N) is 2. The average molecular weight is 385 g/mol. The Morgan fingerprint density at radius 2 is 1.63 bits per heavy atom. The van der Waals surface area contributed by atoms with Crippen LogP contribution in [-0.2, 0) is 11.5 Å². The molecule has 7 nitrogen and oxygen atoms in total. The molecule has 0 atom stereocenters. The summed E-state index contributed by atoms with van der Waals surface area (Å²) in [4.78, 5) is 23.3. The summed E-state index contributed by atoms with van der Waals surface area (Å²) in [6, 6.07) is 15.4. The number of ether oxygens (including phenoxy) is 1. The van der Waals surface area contributed by atoms with Gasteiger partial charge in [0.05, 0.1) is 0 Å². The Balaban J connectivity index is 1.56.